The molecular formula is C7H8O2S. The molecule has 0 unspecified atom stereocenters. The van der Waals surface area contributed by atoms with Crippen LogP contribution in [0.15, 0.2) is 10.8 Å². The van der Waals surface area contributed by atoms with Crippen molar-refractivity contribution in [2.75, 3.05) is 6.61 Å². The monoisotopic (exact) mass is 156 g/mol. The maximum absolute atomic E-state index is 5.46. The van der Waals surface area contributed by atoms with Crippen LogP contribution < -0.4 is 9.47 Å². The Labute approximate surface area is 63.4 Å². The van der Waals surface area contributed by atoms with Crippen molar-refractivity contribution in [1.82, 2.24) is 0 Å². The van der Waals surface area contributed by atoms with E-state index in [4.69, 9.17) is 9.47 Å². The highest BCUT2D eigenvalue weighted by atomic mass is 32.1. The van der Waals surface area contributed by atoms with Gasteiger partial charge >= 0.3 is 0 Å². The van der Waals surface area contributed by atoms with Crippen LogP contribution in [0, 0.1) is 0 Å². The molecule has 1 aliphatic heterocycles. The number of hydrogen-bond acceptors (Lipinski definition) is 3. The summed E-state index contributed by atoms with van der Waals surface area (Å²) in [5.74, 6) is 1.78. The molecule has 0 fully saturated rings. The molecule has 0 aliphatic carbocycles. The zero-order valence-electron chi connectivity index (χ0n) is 5.66. The smallest absolute Gasteiger partial charge is 0.172 e. The third kappa shape index (κ3) is 0.865. The van der Waals surface area contributed by atoms with Crippen molar-refractivity contribution >= 4 is 11.3 Å². The first kappa shape index (κ1) is 6.04. The van der Waals surface area contributed by atoms with Gasteiger partial charge in [-0.25, -0.2) is 0 Å². The lowest BCUT2D eigenvalue weighted by Crippen LogP contribution is -2.24. The van der Waals surface area contributed by atoms with Gasteiger partial charge in [-0.15, -0.1) is 11.3 Å². The molecule has 0 N–H and O–H groups in total. The van der Waals surface area contributed by atoms with Crippen LogP contribution >= 0.6 is 11.3 Å². The van der Waals surface area contributed by atoms with Crippen LogP contribution in [0.3, 0.4) is 0 Å². The standard InChI is InChI=1S/C7H8O2S/c1-5-2-8-6-3-10-4-7(6)9-5/h3-5H,2H2,1H3/t5-/m1/s1. The molecule has 0 radical (unpaired) electrons. The molecule has 10 heavy (non-hydrogen) atoms. The van der Waals surface area contributed by atoms with Crippen molar-refractivity contribution in [2.24, 2.45) is 0 Å². The molecule has 0 bridgehead atoms. The summed E-state index contributed by atoms with van der Waals surface area (Å²) in [4.78, 5) is 0. The summed E-state index contributed by atoms with van der Waals surface area (Å²) in [5.41, 5.74) is 0. The maximum atomic E-state index is 5.46. The molecule has 1 aromatic heterocycles. The van der Waals surface area contributed by atoms with Crippen molar-refractivity contribution in [1.29, 1.82) is 0 Å². The Balaban J connectivity index is 2.30. The van der Waals surface area contributed by atoms with E-state index in [1.807, 2.05) is 17.7 Å². The lowest BCUT2D eigenvalue weighted by molar-refractivity contribution is 0.106. The van der Waals surface area contributed by atoms with Crippen molar-refractivity contribution in [3.8, 4) is 11.5 Å². The van der Waals surface area contributed by atoms with Gasteiger partial charge < -0.3 is 9.47 Å². The number of ether oxygens (including phenoxy) is 2. The first-order chi connectivity index (χ1) is 4.86. The summed E-state index contributed by atoms with van der Waals surface area (Å²) in [7, 11) is 0. The van der Waals surface area contributed by atoms with Gasteiger partial charge in [0, 0.05) is 10.8 Å². The molecule has 1 atom stereocenters. The van der Waals surface area contributed by atoms with E-state index >= 15 is 0 Å². The lowest BCUT2D eigenvalue weighted by Gasteiger charge is -2.20. The minimum absolute atomic E-state index is 0.196. The molecule has 0 saturated heterocycles. The van der Waals surface area contributed by atoms with E-state index in [-0.39, 0.29) is 6.10 Å². The average molecular weight is 156 g/mol. The van der Waals surface area contributed by atoms with Crippen LogP contribution in [0.2, 0.25) is 0 Å². The second kappa shape index (κ2) is 2.16. The highest BCUT2D eigenvalue weighted by molar-refractivity contribution is 7.08. The summed E-state index contributed by atoms with van der Waals surface area (Å²) < 4.78 is 10.8. The minimum Gasteiger partial charge on any atom is -0.485 e. The molecule has 0 saturated carbocycles. The first-order valence-corrected chi connectivity index (χ1v) is 4.16. The van der Waals surface area contributed by atoms with Crippen LogP contribution in [0.4, 0.5) is 0 Å². The molecule has 2 rings (SSSR count). The quantitative estimate of drug-likeness (QED) is 0.571. The van der Waals surface area contributed by atoms with E-state index in [2.05, 4.69) is 0 Å². The Morgan fingerprint density at radius 3 is 3.20 bits per heavy atom. The summed E-state index contributed by atoms with van der Waals surface area (Å²) in [6.45, 7) is 2.67. The summed E-state index contributed by atoms with van der Waals surface area (Å²) in [6.07, 6.45) is 0.196. The van der Waals surface area contributed by atoms with Gasteiger partial charge in [-0.2, -0.15) is 0 Å². The van der Waals surface area contributed by atoms with Gasteiger partial charge in [-0.3, -0.25) is 0 Å². The number of rotatable bonds is 0. The van der Waals surface area contributed by atoms with Gasteiger partial charge in [0.1, 0.15) is 12.7 Å². The zero-order chi connectivity index (χ0) is 6.97. The van der Waals surface area contributed by atoms with Crippen LogP contribution in [-0.2, 0) is 0 Å². The summed E-state index contributed by atoms with van der Waals surface area (Å²) in [5, 5.41) is 3.92. The van der Waals surface area contributed by atoms with E-state index in [0.29, 0.717) is 6.61 Å². The Morgan fingerprint density at radius 1 is 1.50 bits per heavy atom. The van der Waals surface area contributed by atoms with Gasteiger partial charge in [-0.05, 0) is 6.92 Å². The molecule has 1 aromatic rings. The van der Waals surface area contributed by atoms with Crippen molar-refractivity contribution in [2.45, 2.75) is 13.0 Å². The maximum Gasteiger partial charge on any atom is 0.172 e. The van der Waals surface area contributed by atoms with E-state index in [0.717, 1.165) is 11.5 Å². The highest BCUT2D eigenvalue weighted by Gasteiger charge is 2.16. The predicted octanol–water partition coefficient (Wildman–Crippen LogP) is 1.91. The van der Waals surface area contributed by atoms with Gasteiger partial charge in [0.25, 0.3) is 0 Å². The molecule has 2 nitrogen and oxygen atoms in total. The third-order valence-electron chi connectivity index (χ3n) is 1.39. The summed E-state index contributed by atoms with van der Waals surface area (Å²) >= 11 is 1.61. The fraction of sp³-hybridized carbons (Fsp3) is 0.429. The van der Waals surface area contributed by atoms with Gasteiger partial charge in [-0.1, -0.05) is 0 Å². The number of thiophene rings is 1. The molecule has 3 heteroatoms. The van der Waals surface area contributed by atoms with Crippen LogP contribution in [-0.4, -0.2) is 12.7 Å². The van der Waals surface area contributed by atoms with Crippen molar-refractivity contribution in [3.63, 3.8) is 0 Å². The van der Waals surface area contributed by atoms with Crippen molar-refractivity contribution in [3.05, 3.63) is 10.8 Å². The van der Waals surface area contributed by atoms with Gasteiger partial charge in [0.05, 0.1) is 0 Å². The molecule has 2 heterocycles. The third-order valence-corrected chi connectivity index (χ3v) is 2.10. The van der Waals surface area contributed by atoms with Crippen LogP contribution in [0.25, 0.3) is 0 Å². The second-order valence-corrected chi connectivity index (χ2v) is 3.08. The Hall–Kier alpha value is -0.700. The molecule has 1 aliphatic rings. The van der Waals surface area contributed by atoms with Crippen molar-refractivity contribution < 1.29 is 9.47 Å². The molecular weight excluding hydrogens is 148 g/mol. The average Bonchev–Trinajstić information content (AvgIpc) is 2.33. The first-order valence-electron chi connectivity index (χ1n) is 3.22. The second-order valence-electron chi connectivity index (χ2n) is 2.34. The summed E-state index contributed by atoms with van der Waals surface area (Å²) in [6, 6.07) is 0. The van der Waals surface area contributed by atoms with Crippen LogP contribution in [0.5, 0.6) is 11.5 Å². The van der Waals surface area contributed by atoms with E-state index in [1.54, 1.807) is 11.3 Å². The van der Waals surface area contributed by atoms with E-state index in [1.165, 1.54) is 0 Å². The number of fused-ring (bicyclic) bond motifs is 1. The van der Waals surface area contributed by atoms with Gasteiger partial charge in [0.2, 0.25) is 0 Å². The highest BCUT2D eigenvalue weighted by Crippen LogP contribution is 2.34. The largest absolute Gasteiger partial charge is 0.485 e. The Morgan fingerprint density at radius 2 is 2.30 bits per heavy atom. The fourth-order valence-corrected chi connectivity index (χ4v) is 1.59. The Kier molecular flexibility index (Phi) is 1.31. The van der Waals surface area contributed by atoms with E-state index in [9.17, 15) is 0 Å². The fourth-order valence-electron chi connectivity index (χ4n) is 0.923. The molecule has 54 valence electrons. The molecule has 0 spiro atoms. The topological polar surface area (TPSA) is 18.5 Å². The van der Waals surface area contributed by atoms with Crippen LogP contribution in [0.1, 0.15) is 6.92 Å². The predicted molar refractivity (Wildman–Crippen MR) is 39.9 cm³/mol. The minimum atomic E-state index is 0.196. The van der Waals surface area contributed by atoms with Gasteiger partial charge in [0.15, 0.2) is 11.5 Å². The molecule has 0 amide bonds. The SMILES string of the molecule is C[C@@H]1COc2cscc2O1. The normalized spacial score (nSPS) is 22.7. The number of hydrogen-bond donors (Lipinski definition) is 0. The lowest BCUT2D eigenvalue weighted by atomic mass is 10.4. The molecule has 0 aromatic carbocycles. The Bertz CT molecular complexity index is 231. The van der Waals surface area contributed by atoms with E-state index < -0.39 is 0 Å². The zero-order valence-corrected chi connectivity index (χ0v) is 6.48.